The zero-order valence-electron chi connectivity index (χ0n) is 21.2. The number of carbonyl (C=O) groups excluding carboxylic acids is 3. The Morgan fingerprint density at radius 3 is 2.05 bits per heavy atom. The third-order valence-corrected chi connectivity index (χ3v) is 8.06. The molecule has 0 aliphatic heterocycles. The standard InChI is InChI=1S/C29H29N3O6S/c33-25(32-21-12-6-7-13-24(21)39(36,37)38)16-17-30-22-14-15-23(31-18-8-2-1-3-9-18)27-26(22)28(34)19-10-4-5-11-20(19)29(27)35/h4-7,10-15,18,30-31H,1-3,8-9,16-17H2,(H,32,33)(H,36,37,38). The molecule has 0 aromatic heterocycles. The molecule has 5 rings (SSSR count). The molecular formula is C29H29N3O6S. The van der Waals surface area contributed by atoms with E-state index in [0.717, 1.165) is 25.7 Å². The summed E-state index contributed by atoms with van der Waals surface area (Å²) in [6.07, 6.45) is 5.37. The predicted molar refractivity (Wildman–Crippen MR) is 148 cm³/mol. The van der Waals surface area contributed by atoms with Crippen LogP contribution in [0.2, 0.25) is 0 Å². The first-order valence-corrected chi connectivity index (χ1v) is 14.4. The minimum absolute atomic E-state index is 0.0297. The summed E-state index contributed by atoms with van der Waals surface area (Å²) in [5.41, 5.74) is 2.37. The lowest BCUT2D eigenvalue weighted by Crippen LogP contribution is -2.28. The molecule has 1 fully saturated rings. The third kappa shape index (κ3) is 5.57. The van der Waals surface area contributed by atoms with Crippen molar-refractivity contribution in [3.63, 3.8) is 0 Å². The number of rotatable bonds is 8. The lowest BCUT2D eigenvalue weighted by atomic mass is 9.82. The van der Waals surface area contributed by atoms with Gasteiger partial charge in [-0.3, -0.25) is 18.9 Å². The van der Waals surface area contributed by atoms with Crippen molar-refractivity contribution in [3.8, 4) is 0 Å². The highest BCUT2D eigenvalue weighted by atomic mass is 32.2. The summed E-state index contributed by atoms with van der Waals surface area (Å²) in [5.74, 6) is -0.973. The van der Waals surface area contributed by atoms with E-state index in [9.17, 15) is 27.4 Å². The van der Waals surface area contributed by atoms with E-state index in [1.165, 1.54) is 30.7 Å². The number of nitrogens with one attached hydrogen (secondary N) is 3. The summed E-state index contributed by atoms with van der Waals surface area (Å²) in [5, 5.41) is 9.12. The fourth-order valence-electron chi connectivity index (χ4n) is 5.28. The molecule has 9 nitrogen and oxygen atoms in total. The Balaban J connectivity index is 1.38. The number of para-hydroxylation sites is 1. The Kier molecular flexibility index (Phi) is 7.49. The number of benzene rings is 3. The summed E-state index contributed by atoms with van der Waals surface area (Å²) in [6, 6.07) is 16.1. The number of amides is 1. The van der Waals surface area contributed by atoms with Crippen LogP contribution in [0.1, 0.15) is 70.4 Å². The van der Waals surface area contributed by atoms with Gasteiger partial charge in [0, 0.05) is 41.5 Å². The van der Waals surface area contributed by atoms with Crippen molar-refractivity contribution in [1.29, 1.82) is 0 Å². The summed E-state index contributed by atoms with van der Waals surface area (Å²) >= 11 is 0. The van der Waals surface area contributed by atoms with E-state index >= 15 is 0 Å². The summed E-state index contributed by atoms with van der Waals surface area (Å²) in [4.78, 5) is 39.4. The molecule has 0 saturated heterocycles. The van der Waals surface area contributed by atoms with Crippen LogP contribution in [-0.2, 0) is 14.9 Å². The van der Waals surface area contributed by atoms with Crippen molar-refractivity contribution in [2.24, 2.45) is 0 Å². The second-order valence-electron chi connectivity index (χ2n) is 9.79. The van der Waals surface area contributed by atoms with Gasteiger partial charge in [0.15, 0.2) is 11.6 Å². The molecule has 0 heterocycles. The van der Waals surface area contributed by atoms with Gasteiger partial charge in [0.05, 0.1) is 16.8 Å². The number of carbonyl (C=O) groups is 3. The highest BCUT2D eigenvalue weighted by molar-refractivity contribution is 7.86. The van der Waals surface area contributed by atoms with Gasteiger partial charge in [-0.15, -0.1) is 0 Å². The van der Waals surface area contributed by atoms with Gasteiger partial charge in [-0.2, -0.15) is 8.42 Å². The van der Waals surface area contributed by atoms with Crippen molar-refractivity contribution in [3.05, 3.63) is 82.9 Å². The molecule has 2 aliphatic rings. The highest BCUT2D eigenvalue weighted by Crippen LogP contribution is 2.37. The normalized spacial score (nSPS) is 15.3. The Morgan fingerprint density at radius 1 is 0.795 bits per heavy atom. The SMILES string of the molecule is O=C(CCNc1ccc(NC2CCCCC2)c2c1C(=O)c1ccccc1C2=O)Nc1ccccc1S(=O)(=O)O. The number of anilines is 3. The van der Waals surface area contributed by atoms with E-state index in [2.05, 4.69) is 16.0 Å². The van der Waals surface area contributed by atoms with Crippen LogP contribution in [-0.4, -0.2) is 43.0 Å². The molecule has 1 saturated carbocycles. The van der Waals surface area contributed by atoms with Crippen LogP contribution in [0.25, 0.3) is 0 Å². The Labute approximate surface area is 226 Å². The van der Waals surface area contributed by atoms with Gasteiger partial charge in [-0.25, -0.2) is 0 Å². The zero-order chi connectivity index (χ0) is 27.6. The van der Waals surface area contributed by atoms with E-state index in [4.69, 9.17) is 0 Å². The van der Waals surface area contributed by atoms with Crippen molar-refractivity contribution in [2.45, 2.75) is 49.5 Å². The van der Waals surface area contributed by atoms with Gasteiger partial charge in [-0.05, 0) is 37.1 Å². The summed E-state index contributed by atoms with van der Waals surface area (Å²) < 4.78 is 32.6. The molecule has 0 unspecified atom stereocenters. The second-order valence-corrected chi connectivity index (χ2v) is 11.2. The van der Waals surface area contributed by atoms with Crippen molar-refractivity contribution < 1.29 is 27.4 Å². The van der Waals surface area contributed by atoms with Gasteiger partial charge < -0.3 is 16.0 Å². The Bertz CT molecular complexity index is 1560. The molecule has 0 radical (unpaired) electrons. The maximum Gasteiger partial charge on any atom is 0.296 e. The van der Waals surface area contributed by atoms with Crippen LogP contribution in [0, 0.1) is 0 Å². The molecule has 0 bridgehead atoms. The molecule has 0 atom stereocenters. The Morgan fingerprint density at radius 2 is 1.38 bits per heavy atom. The summed E-state index contributed by atoms with van der Waals surface area (Å²) in [7, 11) is -4.51. The lowest BCUT2D eigenvalue weighted by molar-refractivity contribution is -0.116. The molecule has 4 N–H and O–H groups in total. The maximum absolute atomic E-state index is 13.6. The van der Waals surface area contributed by atoms with Gasteiger partial charge in [0.2, 0.25) is 5.91 Å². The monoisotopic (exact) mass is 547 g/mol. The molecule has 3 aromatic rings. The predicted octanol–water partition coefficient (Wildman–Crippen LogP) is 4.89. The van der Waals surface area contributed by atoms with Crippen molar-refractivity contribution >= 4 is 44.7 Å². The van der Waals surface area contributed by atoms with Gasteiger partial charge >= 0.3 is 0 Å². The first-order valence-electron chi connectivity index (χ1n) is 13.0. The van der Waals surface area contributed by atoms with Crippen LogP contribution in [0.3, 0.4) is 0 Å². The second kappa shape index (κ2) is 11.0. The van der Waals surface area contributed by atoms with Crippen LogP contribution in [0.15, 0.2) is 65.6 Å². The smallest absolute Gasteiger partial charge is 0.296 e. The molecule has 10 heteroatoms. The molecule has 39 heavy (non-hydrogen) atoms. The molecule has 1 amide bonds. The van der Waals surface area contributed by atoms with Crippen molar-refractivity contribution in [1.82, 2.24) is 0 Å². The topological polar surface area (TPSA) is 142 Å². The Hall–Kier alpha value is -4.02. The molecule has 3 aromatic carbocycles. The largest absolute Gasteiger partial charge is 0.384 e. The number of hydrogen-bond donors (Lipinski definition) is 4. The molecule has 202 valence electrons. The fourth-order valence-corrected chi connectivity index (χ4v) is 5.92. The lowest BCUT2D eigenvalue weighted by Gasteiger charge is -2.28. The van der Waals surface area contributed by atoms with Crippen LogP contribution in [0.4, 0.5) is 17.1 Å². The molecular weight excluding hydrogens is 518 g/mol. The quantitative estimate of drug-likeness (QED) is 0.228. The number of hydrogen-bond acceptors (Lipinski definition) is 7. The van der Waals surface area contributed by atoms with E-state index in [1.807, 2.05) is 0 Å². The van der Waals surface area contributed by atoms with Crippen LogP contribution < -0.4 is 16.0 Å². The highest BCUT2D eigenvalue weighted by Gasteiger charge is 2.34. The third-order valence-electron chi connectivity index (χ3n) is 7.15. The molecule has 2 aliphatic carbocycles. The minimum atomic E-state index is -4.51. The minimum Gasteiger partial charge on any atom is -0.384 e. The summed E-state index contributed by atoms with van der Waals surface area (Å²) in [6.45, 7) is 0.116. The first kappa shape index (κ1) is 26.6. The van der Waals surface area contributed by atoms with Gasteiger partial charge in [-0.1, -0.05) is 55.7 Å². The van der Waals surface area contributed by atoms with E-state index in [-0.39, 0.29) is 41.8 Å². The average Bonchev–Trinajstić information content (AvgIpc) is 2.92. The average molecular weight is 548 g/mol. The van der Waals surface area contributed by atoms with Gasteiger partial charge in [0.25, 0.3) is 10.1 Å². The van der Waals surface area contributed by atoms with E-state index in [0.29, 0.717) is 28.1 Å². The van der Waals surface area contributed by atoms with Gasteiger partial charge in [0.1, 0.15) is 4.90 Å². The molecule has 0 spiro atoms. The fraction of sp³-hybridized carbons (Fsp3) is 0.276. The number of ketones is 2. The first-order chi connectivity index (χ1) is 18.7. The zero-order valence-corrected chi connectivity index (χ0v) is 22.0. The number of fused-ring (bicyclic) bond motifs is 2. The van der Waals surface area contributed by atoms with Crippen LogP contribution in [0.5, 0.6) is 0 Å². The van der Waals surface area contributed by atoms with Crippen LogP contribution >= 0.6 is 0 Å². The van der Waals surface area contributed by atoms with E-state index in [1.54, 1.807) is 36.4 Å². The van der Waals surface area contributed by atoms with E-state index < -0.39 is 20.9 Å². The maximum atomic E-state index is 13.6. The van der Waals surface area contributed by atoms with Crippen molar-refractivity contribution in [2.75, 3.05) is 22.5 Å².